The Morgan fingerprint density at radius 2 is 2.25 bits per heavy atom. The number of para-hydroxylation sites is 2. The lowest BCUT2D eigenvalue weighted by Crippen LogP contribution is -2.47. The van der Waals surface area contributed by atoms with Crippen molar-refractivity contribution in [2.75, 3.05) is 16.8 Å². The summed E-state index contributed by atoms with van der Waals surface area (Å²) in [7, 11) is 0. The van der Waals surface area contributed by atoms with Crippen LogP contribution in [-0.4, -0.2) is 27.2 Å². The van der Waals surface area contributed by atoms with Crippen molar-refractivity contribution in [3.05, 3.63) is 36.2 Å². The normalized spacial score (nSPS) is 17.8. The van der Waals surface area contributed by atoms with Gasteiger partial charge in [-0.2, -0.15) is 8.75 Å². The van der Waals surface area contributed by atoms with E-state index in [0.717, 1.165) is 23.1 Å². The third kappa shape index (κ3) is 2.27. The zero-order valence-electron chi connectivity index (χ0n) is 11.4. The number of hydrogen-bond donors (Lipinski definition) is 1. The summed E-state index contributed by atoms with van der Waals surface area (Å²) in [5.41, 5.74) is 2.31. The highest BCUT2D eigenvalue weighted by Gasteiger charge is 2.30. The van der Waals surface area contributed by atoms with E-state index in [9.17, 15) is 4.79 Å². The molecule has 0 saturated heterocycles. The minimum atomic E-state index is -0.0849. The summed E-state index contributed by atoms with van der Waals surface area (Å²) < 4.78 is 7.97. The van der Waals surface area contributed by atoms with E-state index in [2.05, 4.69) is 27.9 Å². The highest BCUT2D eigenvalue weighted by molar-refractivity contribution is 6.99. The molecule has 1 amide bonds. The van der Waals surface area contributed by atoms with Gasteiger partial charge in [-0.1, -0.05) is 26.0 Å². The van der Waals surface area contributed by atoms with Crippen molar-refractivity contribution >= 4 is 29.0 Å². The summed E-state index contributed by atoms with van der Waals surface area (Å²) >= 11 is 1.06. The van der Waals surface area contributed by atoms with Gasteiger partial charge in [-0.15, -0.1) is 0 Å². The van der Waals surface area contributed by atoms with Gasteiger partial charge in [-0.3, -0.25) is 4.79 Å². The summed E-state index contributed by atoms with van der Waals surface area (Å²) in [5, 5.41) is 3.50. The third-order valence-electron chi connectivity index (χ3n) is 3.55. The lowest BCUT2D eigenvalue weighted by Gasteiger charge is -2.37. The Bertz CT molecular complexity index is 611. The Kier molecular flexibility index (Phi) is 3.40. The number of carbonyl (C=O) groups is 1. The van der Waals surface area contributed by atoms with Crippen LogP contribution in [0.5, 0.6) is 0 Å². The van der Waals surface area contributed by atoms with E-state index in [1.807, 2.05) is 24.3 Å². The van der Waals surface area contributed by atoms with Gasteiger partial charge in [0, 0.05) is 12.6 Å². The van der Waals surface area contributed by atoms with Crippen molar-refractivity contribution in [1.29, 1.82) is 0 Å². The van der Waals surface area contributed by atoms with E-state index in [0.29, 0.717) is 18.2 Å². The maximum absolute atomic E-state index is 12.6. The molecule has 0 saturated carbocycles. The molecule has 1 N–H and O–H groups in total. The van der Waals surface area contributed by atoms with Crippen molar-refractivity contribution < 1.29 is 4.79 Å². The Morgan fingerprint density at radius 3 is 2.95 bits per heavy atom. The first-order valence-electron chi connectivity index (χ1n) is 6.62. The summed E-state index contributed by atoms with van der Waals surface area (Å²) in [6.45, 7) is 4.95. The van der Waals surface area contributed by atoms with E-state index in [1.165, 1.54) is 6.20 Å². The van der Waals surface area contributed by atoms with Crippen molar-refractivity contribution in [2.45, 2.75) is 19.9 Å². The van der Waals surface area contributed by atoms with Crippen LogP contribution < -0.4 is 10.2 Å². The number of benzene rings is 1. The molecule has 104 valence electrons. The standard InChI is InChI=1S/C14H16N4OS/c1-9(2)12-8-18(14(19)11-7-15-20-17-11)13-6-4-3-5-10(13)16-12/h3-7,9,12,16H,8H2,1-2H3/t12-/m0/s1. The van der Waals surface area contributed by atoms with Crippen LogP contribution in [0.4, 0.5) is 11.4 Å². The molecule has 1 aromatic heterocycles. The molecule has 0 fully saturated rings. The topological polar surface area (TPSA) is 58.1 Å². The van der Waals surface area contributed by atoms with Crippen LogP contribution in [0.3, 0.4) is 0 Å². The zero-order chi connectivity index (χ0) is 14.1. The number of aromatic nitrogens is 2. The van der Waals surface area contributed by atoms with Crippen molar-refractivity contribution in [2.24, 2.45) is 5.92 Å². The highest BCUT2D eigenvalue weighted by Crippen LogP contribution is 2.33. The minimum absolute atomic E-state index is 0.0849. The van der Waals surface area contributed by atoms with E-state index in [4.69, 9.17) is 0 Å². The van der Waals surface area contributed by atoms with Crippen molar-refractivity contribution in [3.8, 4) is 0 Å². The second-order valence-electron chi connectivity index (χ2n) is 5.22. The fraction of sp³-hybridized carbons (Fsp3) is 0.357. The second-order valence-corrected chi connectivity index (χ2v) is 5.78. The molecule has 0 bridgehead atoms. The number of hydrogen-bond acceptors (Lipinski definition) is 5. The van der Waals surface area contributed by atoms with E-state index in [-0.39, 0.29) is 11.9 Å². The molecule has 5 nitrogen and oxygen atoms in total. The summed E-state index contributed by atoms with van der Waals surface area (Å²) in [6, 6.07) is 8.11. The van der Waals surface area contributed by atoms with Crippen LogP contribution in [0.2, 0.25) is 0 Å². The highest BCUT2D eigenvalue weighted by atomic mass is 32.1. The predicted octanol–water partition coefficient (Wildman–Crippen LogP) is 2.64. The molecular formula is C14H16N4OS. The smallest absolute Gasteiger partial charge is 0.279 e. The third-order valence-corrected chi connectivity index (χ3v) is 4.02. The first-order chi connectivity index (χ1) is 9.66. The number of fused-ring (bicyclic) bond motifs is 1. The fourth-order valence-corrected chi connectivity index (χ4v) is 2.75. The molecule has 0 spiro atoms. The Morgan fingerprint density at radius 1 is 1.45 bits per heavy atom. The molecule has 6 heteroatoms. The predicted molar refractivity (Wildman–Crippen MR) is 80.3 cm³/mol. The van der Waals surface area contributed by atoms with Gasteiger partial charge < -0.3 is 10.2 Å². The molecule has 20 heavy (non-hydrogen) atoms. The number of amides is 1. The molecule has 1 aliphatic heterocycles. The molecule has 0 unspecified atom stereocenters. The molecule has 1 aliphatic rings. The molecular weight excluding hydrogens is 272 g/mol. The molecule has 2 aromatic rings. The first-order valence-corrected chi connectivity index (χ1v) is 7.35. The molecule has 1 atom stereocenters. The number of nitrogens with one attached hydrogen (secondary N) is 1. The maximum Gasteiger partial charge on any atom is 0.279 e. The van der Waals surface area contributed by atoms with Gasteiger partial charge in [-0.05, 0) is 18.1 Å². The monoisotopic (exact) mass is 288 g/mol. The maximum atomic E-state index is 12.6. The van der Waals surface area contributed by atoms with Crippen molar-refractivity contribution in [3.63, 3.8) is 0 Å². The van der Waals surface area contributed by atoms with Gasteiger partial charge >= 0.3 is 0 Å². The molecule has 0 radical (unpaired) electrons. The average Bonchev–Trinajstić information content (AvgIpc) is 2.99. The lowest BCUT2D eigenvalue weighted by atomic mass is 9.99. The minimum Gasteiger partial charge on any atom is -0.379 e. The van der Waals surface area contributed by atoms with Crippen LogP contribution in [0.1, 0.15) is 24.3 Å². The zero-order valence-corrected chi connectivity index (χ0v) is 12.2. The van der Waals surface area contributed by atoms with Gasteiger partial charge in [0.15, 0.2) is 5.69 Å². The summed E-state index contributed by atoms with van der Waals surface area (Å²) in [6.07, 6.45) is 1.53. The molecule has 3 rings (SSSR count). The van der Waals surface area contributed by atoms with Crippen LogP contribution in [0.25, 0.3) is 0 Å². The SMILES string of the molecule is CC(C)[C@@H]1CN(C(=O)c2cnsn2)c2ccccc2N1. The van der Waals surface area contributed by atoms with Gasteiger partial charge in [0.05, 0.1) is 29.3 Å². The molecule has 1 aromatic carbocycles. The average molecular weight is 288 g/mol. The van der Waals surface area contributed by atoms with Gasteiger partial charge in [0.25, 0.3) is 5.91 Å². The van der Waals surface area contributed by atoms with Crippen LogP contribution in [0, 0.1) is 5.92 Å². The Labute approximate surface area is 122 Å². The quantitative estimate of drug-likeness (QED) is 0.923. The van der Waals surface area contributed by atoms with E-state index >= 15 is 0 Å². The summed E-state index contributed by atoms with van der Waals surface area (Å²) in [5.74, 6) is 0.352. The van der Waals surface area contributed by atoms with Crippen LogP contribution in [0.15, 0.2) is 30.5 Å². The second kappa shape index (κ2) is 5.20. The number of anilines is 2. The molecule has 2 heterocycles. The van der Waals surface area contributed by atoms with Gasteiger partial charge in [-0.25, -0.2) is 0 Å². The Hall–Kier alpha value is -1.95. The summed E-state index contributed by atoms with van der Waals surface area (Å²) in [4.78, 5) is 14.4. The van der Waals surface area contributed by atoms with Crippen molar-refractivity contribution in [1.82, 2.24) is 8.75 Å². The number of carbonyl (C=O) groups excluding carboxylic acids is 1. The Balaban J connectivity index is 1.99. The van der Waals surface area contributed by atoms with Crippen LogP contribution >= 0.6 is 11.7 Å². The largest absolute Gasteiger partial charge is 0.379 e. The first kappa shape index (κ1) is 13.1. The van der Waals surface area contributed by atoms with Gasteiger partial charge in [0.1, 0.15) is 0 Å². The van der Waals surface area contributed by atoms with E-state index in [1.54, 1.807) is 4.90 Å². The van der Waals surface area contributed by atoms with Crippen LogP contribution in [-0.2, 0) is 0 Å². The van der Waals surface area contributed by atoms with Gasteiger partial charge in [0.2, 0.25) is 0 Å². The lowest BCUT2D eigenvalue weighted by molar-refractivity contribution is 0.0980. The number of nitrogens with zero attached hydrogens (tertiary/aromatic N) is 3. The van der Waals surface area contributed by atoms with E-state index < -0.39 is 0 Å². The fourth-order valence-electron chi connectivity index (χ4n) is 2.34. The molecule has 0 aliphatic carbocycles. The number of rotatable bonds is 2.